The zero-order chi connectivity index (χ0) is 31.7. The molecule has 7 aromatic carbocycles. The van der Waals surface area contributed by atoms with Crippen molar-refractivity contribution in [3.8, 4) is 11.1 Å². The van der Waals surface area contributed by atoms with Crippen LogP contribution in [0.2, 0.25) is 0 Å². The van der Waals surface area contributed by atoms with Gasteiger partial charge in [-0.05, 0) is 63.7 Å². The maximum atomic E-state index is 6.88. The van der Waals surface area contributed by atoms with Gasteiger partial charge in [0.15, 0.2) is 5.58 Å². The van der Waals surface area contributed by atoms with Gasteiger partial charge in [0.05, 0.1) is 11.4 Å². The van der Waals surface area contributed by atoms with Crippen LogP contribution in [-0.2, 0) is 5.41 Å². The monoisotopic (exact) mass is 607 g/mol. The van der Waals surface area contributed by atoms with E-state index in [1.165, 1.54) is 27.5 Å². The van der Waals surface area contributed by atoms with Gasteiger partial charge in [0.1, 0.15) is 16.7 Å². The van der Waals surface area contributed by atoms with E-state index >= 15 is 0 Å². The van der Waals surface area contributed by atoms with Crippen molar-refractivity contribution in [1.29, 1.82) is 0 Å². The number of fused-ring (bicyclic) bond motifs is 8. The van der Waals surface area contributed by atoms with E-state index in [1.54, 1.807) is 0 Å². The fraction of sp³-hybridized carbons (Fsp3) is 0.0909. The zero-order valence-corrected chi connectivity index (χ0v) is 26.6. The molecule has 0 bridgehead atoms. The van der Waals surface area contributed by atoms with Crippen LogP contribution in [0.25, 0.3) is 65.8 Å². The standard InChI is InChI=1S/C44H33NO2/c1-44(2,3)37-17-9-15-34-35-16-10-18-38(43(35)47-42(34)37)45(31-22-19-29(20-23-31)28-11-5-4-6-12-28)32-24-25-36-40(27-32)46-39-26-21-30-13-7-8-14-33(30)41(36)39/h4-27H,1-3H3. The Kier molecular flexibility index (Phi) is 6.07. The van der Waals surface area contributed by atoms with E-state index in [4.69, 9.17) is 8.83 Å². The number of nitrogens with zero attached hydrogens (tertiary/aromatic N) is 1. The number of para-hydroxylation sites is 2. The summed E-state index contributed by atoms with van der Waals surface area (Å²) in [7, 11) is 0. The number of benzene rings is 7. The van der Waals surface area contributed by atoms with Crippen molar-refractivity contribution in [2.45, 2.75) is 26.2 Å². The van der Waals surface area contributed by atoms with Gasteiger partial charge in [0.25, 0.3) is 0 Å². The molecule has 0 N–H and O–H groups in total. The van der Waals surface area contributed by atoms with Crippen LogP contribution < -0.4 is 4.90 Å². The van der Waals surface area contributed by atoms with Gasteiger partial charge in [-0.2, -0.15) is 0 Å². The van der Waals surface area contributed by atoms with Gasteiger partial charge in [-0.3, -0.25) is 0 Å². The first kappa shape index (κ1) is 27.5. The summed E-state index contributed by atoms with van der Waals surface area (Å²) in [5, 5.41) is 6.90. The molecule has 9 rings (SSSR count). The fourth-order valence-electron chi connectivity index (χ4n) is 7.11. The molecule has 0 saturated heterocycles. The molecule has 3 nitrogen and oxygen atoms in total. The fourth-order valence-corrected chi connectivity index (χ4v) is 7.11. The summed E-state index contributed by atoms with van der Waals surface area (Å²) in [4.78, 5) is 2.29. The van der Waals surface area contributed by atoms with E-state index in [0.29, 0.717) is 0 Å². The second-order valence-corrected chi connectivity index (χ2v) is 13.4. The molecule has 47 heavy (non-hydrogen) atoms. The van der Waals surface area contributed by atoms with E-state index in [1.807, 2.05) is 0 Å². The van der Waals surface area contributed by atoms with E-state index in [0.717, 1.165) is 60.9 Å². The summed E-state index contributed by atoms with van der Waals surface area (Å²) >= 11 is 0. The number of anilines is 3. The van der Waals surface area contributed by atoms with Crippen LogP contribution in [-0.4, -0.2) is 0 Å². The minimum Gasteiger partial charge on any atom is -0.456 e. The molecule has 0 fully saturated rings. The molecule has 0 aliphatic heterocycles. The molecule has 0 unspecified atom stereocenters. The second-order valence-electron chi connectivity index (χ2n) is 13.4. The summed E-state index contributed by atoms with van der Waals surface area (Å²) < 4.78 is 13.4. The lowest BCUT2D eigenvalue weighted by Gasteiger charge is -2.25. The highest BCUT2D eigenvalue weighted by atomic mass is 16.3. The van der Waals surface area contributed by atoms with Gasteiger partial charge in [-0.15, -0.1) is 0 Å². The van der Waals surface area contributed by atoms with Crippen molar-refractivity contribution >= 4 is 71.7 Å². The molecule has 0 atom stereocenters. The molecule has 0 radical (unpaired) electrons. The first-order chi connectivity index (χ1) is 22.9. The highest BCUT2D eigenvalue weighted by molar-refractivity contribution is 6.19. The Bertz CT molecular complexity index is 2600. The van der Waals surface area contributed by atoms with Gasteiger partial charge < -0.3 is 13.7 Å². The molecular weight excluding hydrogens is 574 g/mol. The Balaban J connectivity index is 1.28. The Hall–Kier alpha value is -5.80. The van der Waals surface area contributed by atoms with Crippen LogP contribution in [0.4, 0.5) is 17.1 Å². The molecular formula is C44H33NO2. The van der Waals surface area contributed by atoms with Crippen LogP contribution in [0.1, 0.15) is 26.3 Å². The first-order valence-electron chi connectivity index (χ1n) is 16.2. The average Bonchev–Trinajstić information content (AvgIpc) is 3.67. The normalized spacial score (nSPS) is 12.1. The molecule has 0 saturated carbocycles. The lowest BCUT2D eigenvalue weighted by molar-refractivity contribution is 0.573. The Morgan fingerprint density at radius 1 is 0.468 bits per heavy atom. The van der Waals surface area contributed by atoms with Crippen LogP contribution in [0.3, 0.4) is 0 Å². The third-order valence-electron chi connectivity index (χ3n) is 9.39. The van der Waals surface area contributed by atoms with Crippen molar-refractivity contribution in [1.82, 2.24) is 0 Å². The quantitative estimate of drug-likeness (QED) is 0.199. The van der Waals surface area contributed by atoms with Crippen LogP contribution in [0, 0.1) is 0 Å². The molecule has 226 valence electrons. The second kappa shape index (κ2) is 10.4. The maximum Gasteiger partial charge on any atom is 0.159 e. The highest BCUT2D eigenvalue weighted by Crippen LogP contribution is 2.45. The topological polar surface area (TPSA) is 29.5 Å². The SMILES string of the molecule is CC(C)(C)c1cccc2c1oc1c(N(c3ccc(-c4ccccc4)cc3)c3ccc4c(c3)oc3ccc5ccccc5c34)cccc12. The Labute approximate surface area is 273 Å². The number of hydrogen-bond donors (Lipinski definition) is 0. The number of hydrogen-bond acceptors (Lipinski definition) is 3. The van der Waals surface area contributed by atoms with Crippen molar-refractivity contribution in [2.75, 3.05) is 4.90 Å². The molecule has 0 spiro atoms. The lowest BCUT2D eigenvalue weighted by atomic mass is 9.86. The molecule has 9 aromatic rings. The lowest BCUT2D eigenvalue weighted by Crippen LogP contribution is -2.11. The Morgan fingerprint density at radius 2 is 1.15 bits per heavy atom. The van der Waals surface area contributed by atoms with Crippen LogP contribution >= 0.6 is 0 Å². The molecule has 2 aromatic heterocycles. The highest BCUT2D eigenvalue weighted by Gasteiger charge is 2.24. The van der Waals surface area contributed by atoms with Gasteiger partial charge in [-0.1, -0.05) is 124 Å². The number of furan rings is 2. The third-order valence-corrected chi connectivity index (χ3v) is 9.39. The predicted octanol–water partition coefficient (Wildman–Crippen LogP) is 13.1. The van der Waals surface area contributed by atoms with Crippen molar-refractivity contribution in [3.05, 3.63) is 151 Å². The van der Waals surface area contributed by atoms with Crippen LogP contribution in [0.5, 0.6) is 0 Å². The summed E-state index contributed by atoms with van der Waals surface area (Å²) in [5.41, 5.74) is 10.1. The van der Waals surface area contributed by atoms with Crippen molar-refractivity contribution in [3.63, 3.8) is 0 Å². The minimum atomic E-state index is -0.0585. The van der Waals surface area contributed by atoms with Gasteiger partial charge in [0, 0.05) is 38.9 Å². The minimum absolute atomic E-state index is 0.0585. The Morgan fingerprint density at radius 3 is 1.96 bits per heavy atom. The van der Waals surface area contributed by atoms with E-state index < -0.39 is 0 Å². The number of rotatable bonds is 4. The largest absolute Gasteiger partial charge is 0.456 e. The third kappa shape index (κ3) is 4.42. The van der Waals surface area contributed by atoms with Crippen LogP contribution in [0.15, 0.2) is 154 Å². The smallest absolute Gasteiger partial charge is 0.159 e. The summed E-state index contributed by atoms with van der Waals surface area (Å²) in [5.74, 6) is 0. The molecule has 0 aliphatic carbocycles. The molecule has 0 amide bonds. The van der Waals surface area contributed by atoms with E-state index in [-0.39, 0.29) is 5.41 Å². The molecule has 0 aliphatic rings. The van der Waals surface area contributed by atoms with Crippen molar-refractivity contribution in [2.24, 2.45) is 0 Å². The first-order valence-corrected chi connectivity index (χ1v) is 16.2. The zero-order valence-electron chi connectivity index (χ0n) is 26.6. The van der Waals surface area contributed by atoms with Crippen molar-refractivity contribution < 1.29 is 8.83 Å². The molecule has 3 heteroatoms. The van der Waals surface area contributed by atoms with Gasteiger partial charge >= 0.3 is 0 Å². The van der Waals surface area contributed by atoms with E-state index in [9.17, 15) is 0 Å². The summed E-state index contributed by atoms with van der Waals surface area (Å²) in [6.07, 6.45) is 0. The summed E-state index contributed by atoms with van der Waals surface area (Å²) in [6.45, 7) is 6.71. The molecule has 2 heterocycles. The summed E-state index contributed by atoms with van der Waals surface area (Å²) in [6, 6.07) is 51.5. The van der Waals surface area contributed by atoms with E-state index in [2.05, 4.69) is 171 Å². The van der Waals surface area contributed by atoms with Gasteiger partial charge in [-0.25, -0.2) is 0 Å². The van der Waals surface area contributed by atoms with Gasteiger partial charge in [0.2, 0.25) is 0 Å². The predicted molar refractivity (Wildman–Crippen MR) is 197 cm³/mol. The average molecular weight is 608 g/mol. The maximum absolute atomic E-state index is 6.88.